The molecule has 1 aliphatic rings. The highest BCUT2D eigenvalue weighted by molar-refractivity contribution is 5.83. The Morgan fingerprint density at radius 1 is 1.61 bits per heavy atom. The molecule has 1 saturated heterocycles. The van der Waals surface area contributed by atoms with Gasteiger partial charge in [-0.3, -0.25) is 9.89 Å². The smallest absolute Gasteiger partial charge is 0.227 e. The summed E-state index contributed by atoms with van der Waals surface area (Å²) in [5, 5.41) is 12.9. The maximum Gasteiger partial charge on any atom is 0.227 e. The van der Waals surface area contributed by atoms with Gasteiger partial charge in [-0.25, -0.2) is 4.98 Å². The van der Waals surface area contributed by atoms with Gasteiger partial charge in [0.1, 0.15) is 12.2 Å². The van der Waals surface area contributed by atoms with Crippen LogP contribution in [0.2, 0.25) is 0 Å². The highest BCUT2D eigenvalue weighted by atomic mass is 16.2. The fourth-order valence-electron chi connectivity index (χ4n) is 2.46. The van der Waals surface area contributed by atoms with Gasteiger partial charge in [0.05, 0.1) is 5.41 Å². The summed E-state index contributed by atoms with van der Waals surface area (Å²) in [6, 6.07) is 0. The van der Waals surface area contributed by atoms with E-state index in [1.807, 2.05) is 0 Å². The average Bonchev–Trinajstić information content (AvgIpc) is 2.92. The molecule has 0 bridgehead atoms. The van der Waals surface area contributed by atoms with Crippen LogP contribution < -0.4 is 10.6 Å². The first-order valence-corrected chi connectivity index (χ1v) is 6.60. The molecule has 3 N–H and O–H groups in total. The summed E-state index contributed by atoms with van der Waals surface area (Å²) < 4.78 is 0. The molecule has 18 heavy (non-hydrogen) atoms. The van der Waals surface area contributed by atoms with Gasteiger partial charge in [-0.15, -0.1) is 0 Å². The van der Waals surface area contributed by atoms with Gasteiger partial charge < -0.3 is 10.6 Å². The topological polar surface area (TPSA) is 82.7 Å². The molecule has 6 heteroatoms. The Morgan fingerprint density at radius 3 is 3.11 bits per heavy atom. The first-order valence-electron chi connectivity index (χ1n) is 6.60. The van der Waals surface area contributed by atoms with Crippen molar-refractivity contribution in [3.8, 4) is 0 Å². The van der Waals surface area contributed by atoms with Crippen LogP contribution in [0, 0.1) is 5.41 Å². The molecule has 0 spiro atoms. The van der Waals surface area contributed by atoms with E-state index in [4.69, 9.17) is 0 Å². The lowest BCUT2D eigenvalue weighted by Gasteiger charge is -2.35. The lowest BCUT2D eigenvalue weighted by atomic mass is 9.77. The first-order chi connectivity index (χ1) is 8.77. The van der Waals surface area contributed by atoms with Crippen LogP contribution in [0.5, 0.6) is 0 Å². The molecule has 0 aromatic carbocycles. The molecule has 1 unspecified atom stereocenters. The number of aromatic amines is 1. The van der Waals surface area contributed by atoms with E-state index in [0.717, 1.165) is 38.2 Å². The largest absolute Gasteiger partial charge is 0.355 e. The van der Waals surface area contributed by atoms with Crippen molar-refractivity contribution in [2.75, 3.05) is 19.6 Å². The minimum absolute atomic E-state index is 0.164. The predicted molar refractivity (Wildman–Crippen MR) is 67.9 cm³/mol. The SMILES string of the molecule is CCC1(C(=O)NCCc2ncn[nH]2)CCCNC1. The van der Waals surface area contributed by atoms with Crippen LogP contribution in [0.1, 0.15) is 32.0 Å². The summed E-state index contributed by atoms with van der Waals surface area (Å²) in [4.78, 5) is 16.3. The number of carbonyl (C=O) groups excluding carboxylic acids is 1. The molecule has 1 aromatic heterocycles. The Hall–Kier alpha value is -1.43. The number of rotatable bonds is 5. The number of hydrogen-bond donors (Lipinski definition) is 3. The van der Waals surface area contributed by atoms with E-state index in [1.165, 1.54) is 6.33 Å². The van der Waals surface area contributed by atoms with Gasteiger partial charge in [0, 0.05) is 19.5 Å². The van der Waals surface area contributed by atoms with Crippen LogP contribution >= 0.6 is 0 Å². The van der Waals surface area contributed by atoms with Gasteiger partial charge >= 0.3 is 0 Å². The van der Waals surface area contributed by atoms with Gasteiger partial charge in [0.15, 0.2) is 0 Å². The number of nitrogens with one attached hydrogen (secondary N) is 3. The van der Waals surface area contributed by atoms with Crippen LogP contribution in [0.15, 0.2) is 6.33 Å². The minimum Gasteiger partial charge on any atom is -0.355 e. The Labute approximate surface area is 107 Å². The third-order valence-corrected chi connectivity index (χ3v) is 3.74. The average molecular weight is 251 g/mol. The van der Waals surface area contributed by atoms with Crippen molar-refractivity contribution < 1.29 is 4.79 Å². The van der Waals surface area contributed by atoms with Crippen LogP contribution in [-0.4, -0.2) is 40.7 Å². The Morgan fingerprint density at radius 2 is 2.50 bits per heavy atom. The van der Waals surface area contributed by atoms with E-state index in [2.05, 4.69) is 32.7 Å². The number of piperidine rings is 1. The van der Waals surface area contributed by atoms with Crippen molar-refractivity contribution in [2.24, 2.45) is 5.41 Å². The van der Waals surface area contributed by atoms with Crippen molar-refractivity contribution in [2.45, 2.75) is 32.6 Å². The second-order valence-corrected chi connectivity index (χ2v) is 4.85. The summed E-state index contributed by atoms with van der Waals surface area (Å²) in [5.41, 5.74) is -0.223. The number of amides is 1. The summed E-state index contributed by atoms with van der Waals surface area (Å²) >= 11 is 0. The molecule has 0 radical (unpaired) electrons. The molecule has 1 aliphatic heterocycles. The molecule has 1 amide bonds. The van der Waals surface area contributed by atoms with Gasteiger partial charge in [-0.2, -0.15) is 5.10 Å². The molecule has 2 rings (SSSR count). The molecule has 2 heterocycles. The molecular formula is C12H21N5O. The molecule has 0 saturated carbocycles. The first kappa shape index (κ1) is 13.0. The van der Waals surface area contributed by atoms with Crippen molar-refractivity contribution in [3.63, 3.8) is 0 Å². The fourth-order valence-corrected chi connectivity index (χ4v) is 2.46. The Bertz CT molecular complexity index is 370. The van der Waals surface area contributed by atoms with Gasteiger partial charge in [0.2, 0.25) is 5.91 Å². The zero-order chi connectivity index (χ0) is 12.8. The third-order valence-electron chi connectivity index (χ3n) is 3.74. The second kappa shape index (κ2) is 5.95. The van der Waals surface area contributed by atoms with Gasteiger partial charge in [0.25, 0.3) is 0 Å². The number of nitrogens with zero attached hydrogens (tertiary/aromatic N) is 2. The summed E-state index contributed by atoms with van der Waals surface area (Å²) in [7, 11) is 0. The van der Waals surface area contributed by atoms with E-state index in [-0.39, 0.29) is 11.3 Å². The molecular weight excluding hydrogens is 230 g/mol. The van der Waals surface area contributed by atoms with Crippen LogP contribution in [0.25, 0.3) is 0 Å². The van der Waals surface area contributed by atoms with Gasteiger partial charge in [-0.1, -0.05) is 6.92 Å². The standard InChI is InChI=1S/C12H21N5O/c1-2-12(5-3-6-13-8-12)11(18)14-7-4-10-15-9-16-17-10/h9,13H,2-8H2,1H3,(H,14,18)(H,15,16,17). The van der Waals surface area contributed by atoms with Crippen LogP contribution in [0.4, 0.5) is 0 Å². The van der Waals surface area contributed by atoms with E-state index >= 15 is 0 Å². The maximum absolute atomic E-state index is 12.3. The summed E-state index contributed by atoms with van der Waals surface area (Å²) in [6.45, 7) is 4.50. The molecule has 6 nitrogen and oxygen atoms in total. The molecule has 1 aromatic rings. The van der Waals surface area contributed by atoms with Crippen LogP contribution in [0.3, 0.4) is 0 Å². The molecule has 1 atom stereocenters. The monoisotopic (exact) mass is 251 g/mol. The van der Waals surface area contributed by atoms with E-state index in [9.17, 15) is 4.79 Å². The van der Waals surface area contributed by atoms with Gasteiger partial charge in [-0.05, 0) is 25.8 Å². The van der Waals surface area contributed by atoms with Crippen molar-refractivity contribution in [1.82, 2.24) is 25.8 Å². The van der Waals surface area contributed by atoms with E-state index in [1.54, 1.807) is 0 Å². The highest BCUT2D eigenvalue weighted by Crippen LogP contribution is 2.30. The summed E-state index contributed by atoms with van der Waals surface area (Å²) in [6.07, 6.45) is 5.11. The lowest BCUT2D eigenvalue weighted by Crippen LogP contribution is -2.50. The normalized spacial score (nSPS) is 23.8. The quantitative estimate of drug-likeness (QED) is 0.700. The zero-order valence-electron chi connectivity index (χ0n) is 10.8. The minimum atomic E-state index is -0.223. The van der Waals surface area contributed by atoms with Crippen molar-refractivity contribution in [1.29, 1.82) is 0 Å². The number of H-pyrrole nitrogens is 1. The van der Waals surface area contributed by atoms with E-state index in [0.29, 0.717) is 13.0 Å². The second-order valence-electron chi connectivity index (χ2n) is 4.85. The third kappa shape index (κ3) is 2.87. The zero-order valence-corrected chi connectivity index (χ0v) is 10.8. The Kier molecular flexibility index (Phi) is 4.30. The Balaban J connectivity index is 1.82. The maximum atomic E-state index is 12.3. The van der Waals surface area contributed by atoms with Crippen molar-refractivity contribution in [3.05, 3.63) is 12.2 Å². The predicted octanol–water partition coefficient (Wildman–Crippen LogP) is 0.243. The number of carbonyl (C=O) groups is 1. The number of hydrogen-bond acceptors (Lipinski definition) is 4. The molecule has 1 fully saturated rings. The lowest BCUT2D eigenvalue weighted by molar-refractivity contribution is -0.132. The molecule has 0 aliphatic carbocycles. The van der Waals surface area contributed by atoms with E-state index < -0.39 is 0 Å². The van der Waals surface area contributed by atoms with Crippen molar-refractivity contribution >= 4 is 5.91 Å². The van der Waals surface area contributed by atoms with Crippen LogP contribution in [-0.2, 0) is 11.2 Å². The highest BCUT2D eigenvalue weighted by Gasteiger charge is 2.37. The summed E-state index contributed by atoms with van der Waals surface area (Å²) in [5.74, 6) is 0.972. The number of aromatic nitrogens is 3. The fraction of sp³-hybridized carbons (Fsp3) is 0.750. The molecule has 100 valence electrons.